The summed E-state index contributed by atoms with van der Waals surface area (Å²) >= 11 is 1.78. The Hall–Kier alpha value is -1.53. The summed E-state index contributed by atoms with van der Waals surface area (Å²) in [5.41, 5.74) is 1.26. The third kappa shape index (κ3) is 3.98. The SMILES string of the molecule is O=C(NC1CC1)c1cccc(NC(=O)C2CSCCN2)c1. The zero-order valence-electron chi connectivity index (χ0n) is 11.7. The van der Waals surface area contributed by atoms with E-state index >= 15 is 0 Å². The molecule has 0 spiro atoms. The van der Waals surface area contributed by atoms with Crippen LogP contribution in [0.2, 0.25) is 0 Å². The van der Waals surface area contributed by atoms with Gasteiger partial charge >= 0.3 is 0 Å². The van der Waals surface area contributed by atoms with Gasteiger partial charge in [0, 0.05) is 35.3 Å². The number of thioether (sulfide) groups is 1. The van der Waals surface area contributed by atoms with E-state index in [9.17, 15) is 9.59 Å². The van der Waals surface area contributed by atoms with Gasteiger partial charge in [0.25, 0.3) is 5.91 Å². The summed E-state index contributed by atoms with van der Waals surface area (Å²) in [4.78, 5) is 24.1. The van der Waals surface area contributed by atoms with Crippen LogP contribution in [-0.4, -0.2) is 41.9 Å². The smallest absolute Gasteiger partial charge is 0.251 e. The lowest BCUT2D eigenvalue weighted by atomic mass is 10.1. The van der Waals surface area contributed by atoms with Crippen molar-refractivity contribution in [2.75, 3.05) is 23.4 Å². The molecule has 1 aliphatic heterocycles. The number of hydrogen-bond acceptors (Lipinski definition) is 4. The van der Waals surface area contributed by atoms with E-state index in [-0.39, 0.29) is 17.9 Å². The second-order valence-electron chi connectivity index (χ2n) is 5.40. The average Bonchev–Trinajstić information content (AvgIpc) is 3.32. The molecule has 2 fully saturated rings. The maximum atomic E-state index is 12.1. The fourth-order valence-corrected chi connectivity index (χ4v) is 3.13. The summed E-state index contributed by atoms with van der Waals surface area (Å²) in [5.74, 6) is 1.72. The second kappa shape index (κ2) is 6.49. The Morgan fingerprint density at radius 3 is 2.86 bits per heavy atom. The van der Waals surface area contributed by atoms with Gasteiger partial charge in [-0.1, -0.05) is 6.07 Å². The number of carbonyl (C=O) groups is 2. The van der Waals surface area contributed by atoms with E-state index < -0.39 is 0 Å². The molecule has 1 heterocycles. The molecule has 0 bridgehead atoms. The van der Waals surface area contributed by atoms with Gasteiger partial charge in [0.1, 0.15) is 0 Å². The number of benzene rings is 1. The minimum atomic E-state index is -0.160. The molecule has 3 N–H and O–H groups in total. The Balaban J connectivity index is 1.61. The molecule has 112 valence electrons. The minimum absolute atomic E-state index is 0.0399. The van der Waals surface area contributed by atoms with Crippen molar-refractivity contribution in [1.82, 2.24) is 10.6 Å². The number of anilines is 1. The van der Waals surface area contributed by atoms with Gasteiger partial charge in [0.05, 0.1) is 6.04 Å². The van der Waals surface area contributed by atoms with Gasteiger partial charge in [0.15, 0.2) is 0 Å². The van der Waals surface area contributed by atoms with E-state index in [0.29, 0.717) is 17.3 Å². The molecule has 3 rings (SSSR count). The van der Waals surface area contributed by atoms with Crippen LogP contribution in [0.3, 0.4) is 0 Å². The average molecular weight is 305 g/mol. The Kier molecular flexibility index (Phi) is 4.45. The predicted octanol–water partition coefficient (Wildman–Crippen LogP) is 1.22. The van der Waals surface area contributed by atoms with Crippen LogP contribution >= 0.6 is 11.8 Å². The molecule has 6 heteroatoms. The molecule has 21 heavy (non-hydrogen) atoms. The van der Waals surface area contributed by atoms with Gasteiger partial charge in [-0.05, 0) is 31.0 Å². The third-order valence-electron chi connectivity index (χ3n) is 3.54. The zero-order chi connectivity index (χ0) is 14.7. The molecule has 0 aromatic heterocycles. The normalized spacial score (nSPS) is 21.6. The number of hydrogen-bond donors (Lipinski definition) is 3. The highest BCUT2D eigenvalue weighted by Crippen LogP contribution is 2.20. The maximum absolute atomic E-state index is 12.1. The second-order valence-corrected chi connectivity index (χ2v) is 6.55. The molecule has 1 aliphatic carbocycles. The Morgan fingerprint density at radius 1 is 1.29 bits per heavy atom. The van der Waals surface area contributed by atoms with Crippen molar-refractivity contribution in [2.45, 2.75) is 24.9 Å². The third-order valence-corrected chi connectivity index (χ3v) is 4.60. The van der Waals surface area contributed by atoms with Crippen LogP contribution in [0.25, 0.3) is 0 Å². The lowest BCUT2D eigenvalue weighted by Gasteiger charge is -2.22. The molecule has 0 radical (unpaired) electrons. The van der Waals surface area contributed by atoms with Crippen molar-refractivity contribution >= 4 is 29.3 Å². The van der Waals surface area contributed by atoms with Crippen molar-refractivity contribution in [3.8, 4) is 0 Å². The maximum Gasteiger partial charge on any atom is 0.251 e. The van der Waals surface area contributed by atoms with E-state index in [1.165, 1.54) is 0 Å². The Labute approximate surface area is 128 Å². The highest BCUT2D eigenvalue weighted by Gasteiger charge is 2.24. The topological polar surface area (TPSA) is 70.2 Å². The first kappa shape index (κ1) is 14.4. The molecule has 1 atom stereocenters. The van der Waals surface area contributed by atoms with Gasteiger partial charge in [-0.3, -0.25) is 9.59 Å². The number of nitrogens with one attached hydrogen (secondary N) is 3. The summed E-state index contributed by atoms with van der Waals surface area (Å²) in [5, 5.41) is 9.03. The van der Waals surface area contributed by atoms with Gasteiger partial charge in [-0.2, -0.15) is 11.8 Å². The lowest BCUT2D eigenvalue weighted by Crippen LogP contribution is -2.46. The zero-order valence-corrected chi connectivity index (χ0v) is 12.5. The summed E-state index contributed by atoms with van der Waals surface area (Å²) < 4.78 is 0. The van der Waals surface area contributed by atoms with Crippen LogP contribution in [0.1, 0.15) is 23.2 Å². The fourth-order valence-electron chi connectivity index (χ4n) is 2.20. The molecule has 5 nitrogen and oxygen atoms in total. The van der Waals surface area contributed by atoms with E-state index in [2.05, 4.69) is 16.0 Å². The van der Waals surface area contributed by atoms with E-state index in [4.69, 9.17) is 0 Å². The minimum Gasteiger partial charge on any atom is -0.349 e. The molecule has 2 aliphatic rings. The molecule has 1 aromatic rings. The molecule has 1 aromatic carbocycles. The molecule has 1 saturated carbocycles. The number of rotatable bonds is 4. The van der Waals surface area contributed by atoms with Crippen molar-refractivity contribution in [2.24, 2.45) is 0 Å². The van der Waals surface area contributed by atoms with E-state index in [1.807, 2.05) is 6.07 Å². The first-order valence-corrected chi connectivity index (χ1v) is 8.41. The van der Waals surface area contributed by atoms with Gasteiger partial charge in [0.2, 0.25) is 5.91 Å². The highest BCUT2D eigenvalue weighted by molar-refractivity contribution is 7.99. The molecule has 2 amide bonds. The molecule has 1 unspecified atom stereocenters. The molecule has 1 saturated heterocycles. The van der Waals surface area contributed by atoms with Gasteiger partial charge in [-0.25, -0.2) is 0 Å². The summed E-state index contributed by atoms with van der Waals surface area (Å²) in [6.07, 6.45) is 2.13. The van der Waals surface area contributed by atoms with Crippen molar-refractivity contribution < 1.29 is 9.59 Å². The van der Waals surface area contributed by atoms with Crippen LogP contribution in [0.5, 0.6) is 0 Å². The van der Waals surface area contributed by atoms with Crippen LogP contribution in [0, 0.1) is 0 Å². The highest BCUT2D eigenvalue weighted by atomic mass is 32.2. The predicted molar refractivity (Wildman–Crippen MR) is 84.7 cm³/mol. The standard InChI is InChI=1S/C15H19N3O2S/c19-14(17-11-4-5-11)10-2-1-3-12(8-10)18-15(20)13-9-21-7-6-16-13/h1-3,8,11,13,16H,4-7,9H2,(H,17,19)(H,18,20). The van der Waals surface area contributed by atoms with Crippen LogP contribution in [0.4, 0.5) is 5.69 Å². The van der Waals surface area contributed by atoms with Gasteiger partial charge < -0.3 is 16.0 Å². The van der Waals surface area contributed by atoms with Gasteiger partial charge in [-0.15, -0.1) is 0 Å². The number of carbonyl (C=O) groups excluding carboxylic acids is 2. The first-order chi connectivity index (χ1) is 10.2. The summed E-state index contributed by atoms with van der Waals surface area (Å²) in [6.45, 7) is 0.854. The van der Waals surface area contributed by atoms with Crippen molar-refractivity contribution in [1.29, 1.82) is 0 Å². The quantitative estimate of drug-likeness (QED) is 0.782. The molecular weight excluding hydrogens is 286 g/mol. The lowest BCUT2D eigenvalue weighted by molar-refractivity contribution is -0.117. The monoisotopic (exact) mass is 305 g/mol. The number of amides is 2. The first-order valence-electron chi connectivity index (χ1n) is 7.25. The summed E-state index contributed by atoms with van der Waals surface area (Å²) in [6, 6.07) is 7.27. The van der Waals surface area contributed by atoms with Crippen LogP contribution in [0.15, 0.2) is 24.3 Å². The van der Waals surface area contributed by atoms with Crippen LogP contribution in [-0.2, 0) is 4.79 Å². The largest absolute Gasteiger partial charge is 0.349 e. The van der Waals surface area contributed by atoms with Crippen molar-refractivity contribution in [3.63, 3.8) is 0 Å². The van der Waals surface area contributed by atoms with E-state index in [1.54, 1.807) is 30.0 Å². The van der Waals surface area contributed by atoms with Crippen molar-refractivity contribution in [3.05, 3.63) is 29.8 Å². The Bertz CT molecular complexity index is 539. The molecular formula is C15H19N3O2S. The summed E-state index contributed by atoms with van der Waals surface area (Å²) in [7, 11) is 0. The van der Waals surface area contributed by atoms with Crippen LogP contribution < -0.4 is 16.0 Å². The Morgan fingerprint density at radius 2 is 2.14 bits per heavy atom. The van der Waals surface area contributed by atoms with E-state index in [0.717, 1.165) is 30.9 Å². The fraction of sp³-hybridized carbons (Fsp3) is 0.467.